The maximum Gasteiger partial charge on any atom is 0.357 e. The van der Waals surface area contributed by atoms with Gasteiger partial charge in [-0.3, -0.25) is 0 Å². The summed E-state index contributed by atoms with van der Waals surface area (Å²) in [6, 6.07) is 13.6. The minimum atomic E-state index is -0.635. The lowest BCUT2D eigenvalue weighted by molar-refractivity contribution is 0.0504. The minimum absolute atomic E-state index is 0. The second-order valence-electron chi connectivity index (χ2n) is 3.47. The number of benzene rings is 2. The molecule has 2 aromatic rings. The molecule has 0 saturated carbocycles. The molecular formula is C13H12ClNO3. The smallest absolute Gasteiger partial charge is 0.357 e. The second kappa shape index (κ2) is 6.05. The molecule has 0 aliphatic carbocycles. The van der Waals surface area contributed by atoms with Gasteiger partial charge in [0.1, 0.15) is 5.75 Å². The molecule has 0 fully saturated rings. The monoisotopic (exact) mass is 265 g/mol. The van der Waals surface area contributed by atoms with Gasteiger partial charge in [-0.15, -0.1) is 12.4 Å². The molecule has 0 aliphatic rings. The third kappa shape index (κ3) is 2.61. The molecule has 0 heterocycles. The molecule has 3 N–H and O–H groups in total. The van der Waals surface area contributed by atoms with Crippen molar-refractivity contribution in [1.82, 2.24) is 0 Å². The molecule has 94 valence electrons. The van der Waals surface area contributed by atoms with Crippen molar-refractivity contribution in [3.8, 4) is 16.9 Å². The highest BCUT2D eigenvalue weighted by Gasteiger charge is 2.14. The van der Waals surface area contributed by atoms with E-state index in [9.17, 15) is 9.90 Å². The van der Waals surface area contributed by atoms with Crippen LogP contribution < -0.4 is 5.90 Å². The highest BCUT2D eigenvalue weighted by molar-refractivity contribution is 5.97. The van der Waals surface area contributed by atoms with Crippen LogP contribution in [0, 0.1) is 0 Å². The van der Waals surface area contributed by atoms with Crippen LogP contribution >= 0.6 is 12.4 Å². The first kappa shape index (κ1) is 14.0. The van der Waals surface area contributed by atoms with Gasteiger partial charge >= 0.3 is 5.97 Å². The van der Waals surface area contributed by atoms with E-state index in [2.05, 4.69) is 4.84 Å². The van der Waals surface area contributed by atoms with Crippen LogP contribution in [-0.2, 0) is 4.84 Å². The number of halogens is 1. The number of aromatic hydroxyl groups is 1. The summed E-state index contributed by atoms with van der Waals surface area (Å²) in [4.78, 5) is 15.7. The van der Waals surface area contributed by atoms with Crippen LogP contribution in [0.15, 0.2) is 48.5 Å². The van der Waals surface area contributed by atoms with Crippen molar-refractivity contribution < 1.29 is 14.7 Å². The third-order valence-corrected chi connectivity index (χ3v) is 2.45. The molecule has 0 amide bonds. The molecule has 0 aliphatic heterocycles. The zero-order valence-electron chi connectivity index (χ0n) is 9.37. The molecule has 2 rings (SSSR count). The van der Waals surface area contributed by atoms with Crippen LogP contribution in [0.25, 0.3) is 11.1 Å². The van der Waals surface area contributed by atoms with Crippen LogP contribution in [0.2, 0.25) is 0 Å². The highest BCUT2D eigenvalue weighted by Crippen LogP contribution is 2.31. The highest BCUT2D eigenvalue weighted by atomic mass is 35.5. The number of carbonyl (C=O) groups is 1. The van der Waals surface area contributed by atoms with Crippen molar-refractivity contribution in [3.63, 3.8) is 0 Å². The first-order valence-electron chi connectivity index (χ1n) is 5.02. The number of hydrogen-bond acceptors (Lipinski definition) is 4. The molecule has 0 radical (unpaired) electrons. The van der Waals surface area contributed by atoms with Gasteiger partial charge in [0.05, 0.1) is 5.56 Å². The zero-order valence-corrected chi connectivity index (χ0v) is 10.2. The summed E-state index contributed by atoms with van der Waals surface area (Å²) >= 11 is 0. The van der Waals surface area contributed by atoms with Crippen LogP contribution in [0.5, 0.6) is 5.75 Å². The van der Waals surface area contributed by atoms with Crippen molar-refractivity contribution in [2.24, 2.45) is 5.90 Å². The largest absolute Gasteiger partial charge is 0.507 e. The predicted octanol–water partition coefficient (Wildman–Crippen LogP) is 2.51. The Labute approximate surface area is 110 Å². The Kier molecular flexibility index (Phi) is 4.71. The lowest BCUT2D eigenvalue weighted by Crippen LogP contribution is -2.11. The number of para-hydroxylation sites is 1. The van der Waals surface area contributed by atoms with Gasteiger partial charge in [0.15, 0.2) is 0 Å². The Balaban J connectivity index is 0.00000162. The standard InChI is InChI=1S/C13H11NO3.ClH/c14-17-13(16)11-7-2-1-5-9(11)10-6-3-4-8-12(10)15;/h1-8,15H,14H2;1H. The maximum absolute atomic E-state index is 11.5. The van der Waals surface area contributed by atoms with Crippen LogP contribution in [-0.4, -0.2) is 11.1 Å². The van der Waals surface area contributed by atoms with Crippen molar-refractivity contribution in [3.05, 3.63) is 54.1 Å². The Morgan fingerprint density at radius 2 is 1.56 bits per heavy atom. The molecule has 0 spiro atoms. The first-order valence-corrected chi connectivity index (χ1v) is 5.02. The molecule has 0 bridgehead atoms. The Morgan fingerprint density at radius 3 is 2.17 bits per heavy atom. The van der Waals surface area contributed by atoms with Gasteiger partial charge in [-0.1, -0.05) is 36.4 Å². The van der Waals surface area contributed by atoms with E-state index in [-0.39, 0.29) is 18.2 Å². The first-order chi connectivity index (χ1) is 8.24. The number of phenolic OH excluding ortho intramolecular Hbond substituents is 1. The summed E-state index contributed by atoms with van der Waals surface area (Å²) in [5, 5.41) is 9.76. The number of nitrogens with two attached hydrogens (primary N) is 1. The summed E-state index contributed by atoms with van der Waals surface area (Å²) in [7, 11) is 0. The molecule has 2 aromatic carbocycles. The SMILES string of the molecule is Cl.NOC(=O)c1ccccc1-c1ccccc1O. The maximum atomic E-state index is 11.5. The Bertz CT molecular complexity index is 557. The zero-order chi connectivity index (χ0) is 12.3. The summed E-state index contributed by atoms with van der Waals surface area (Å²) in [6.07, 6.45) is 0. The molecule has 5 heteroatoms. The van der Waals surface area contributed by atoms with Gasteiger partial charge in [0, 0.05) is 5.56 Å². The molecule has 4 nitrogen and oxygen atoms in total. The topological polar surface area (TPSA) is 72.5 Å². The average Bonchev–Trinajstić information content (AvgIpc) is 2.38. The lowest BCUT2D eigenvalue weighted by Gasteiger charge is -2.08. The quantitative estimate of drug-likeness (QED) is 0.819. The molecule has 0 saturated heterocycles. The number of rotatable bonds is 2. The van der Waals surface area contributed by atoms with E-state index < -0.39 is 5.97 Å². The van der Waals surface area contributed by atoms with Gasteiger partial charge in [-0.25, -0.2) is 4.79 Å². The summed E-state index contributed by atoms with van der Waals surface area (Å²) in [5.41, 5.74) is 1.46. The van der Waals surface area contributed by atoms with Crippen LogP contribution in [0.3, 0.4) is 0 Å². The molecule has 0 aromatic heterocycles. The van der Waals surface area contributed by atoms with Crippen molar-refractivity contribution >= 4 is 18.4 Å². The number of phenols is 1. The van der Waals surface area contributed by atoms with Crippen molar-refractivity contribution in [2.45, 2.75) is 0 Å². The van der Waals surface area contributed by atoms with Crippen LogP contribution in [0.4, 0.5) is 0 Å². The Hall–Kier alpha value is -2.04. The third-order valence-electron chi connectivity index (χ3n) is 2.45. The van der Waals surface area contributed by atoms with E-state index in [4.69, 9.17) is 5.90 Å². The fraction of sp³-hybridized carbons (Fsp3) is 0. The van der Waals surface area contributed by atoms with Crippen molar-refractivity contribution in [1.29, 1.82) is 0 Å². The summed E-state index contributed by atoms with van der Waals surface area (Å²) in [5.74, 6) is 4.34. The van der Waals surface area contributed by atoms with Gasteiger partial charge in [0.25, 0.3) is 0 Å². The normalized spacial score (nSPS) is 9.39. The van der Waals surface area contributed by atoms with E-state index in [0.29, 0.717) is 16.7 Å². The number of hydrogen-bond donors (Lipinski definition) is 2. The second-order valence-corrected chi connectivity index (χ2v) is 3.47. The summed E-state index contributed by atoms with van der Waals surface area (Å²) in [6.45, 7) is 0. The lowest BCUT2D eigenvalue weighted by atomic mass is 9.99. The number of carbonyl (C=O) groups excluding carboxylic acids is 1. The summed E-state index contributed by atoms with van der Waals surface area (Å²) < 4.78 is 0. The minimum Gasteiger partial charge on any atom is -0.507 e. The van der Waals surface area contributed by atoms with E-state index in [1.165, 1.54) is 0 Å². The van der Waals surface area contributed by atoms with E-state index in [1.807, 2.05) is 0 Å². The predicted molar refractivity (Wildman–Crippen MR) is 70.4 cm³/mol. The average molecular weight is 266 g/mol. The van der Waals surface area contributed by atoms with Gasteiger partial charge in [0.2, 0.25) is 0 Å². The van der Waals surface area contributed by atoms with Gasteiger partial charge in [-0.2, -0.15) is 5.90 Å². The fourth-order valence-corrected chi connectivity index (χ4v) is 1.66. The molecule has 18 heavy (non-hydrogen) atoms. The Morgan fingerprint density at radius 1 is 1.00 bits per heavy atom. The van der Waals surface area contributed by atoms with E-state index >= 15 is 0 Å². The molecule has 0 unspecified atom stereocenters. The van der Waals surface area contributed by atoms with Crippen molar-refractivity contribution in [2.75, 3.05) is 0 Å². The molecular weight excluding hydrogens is 254 g/mol. The van der Waals surface area contributed by atoms with Gasteiger partial charge < -0.3 is 9.94 Å². The fourth-order valence-electron chi connectivity index (χ4n) is 1.66. The van der Waals surface area contributed by atoms with E-state index in [1.54, 1.807) is 48.5 Å². The van der Waals surface area contributed by atoms with E-state index in [0.717, 1.165) is 0 Å². The van der Waals surface area contributed by atoms with Crippen LogP contribution in [0.1, 0.15) is 10.4 Å². The van der Waals surface area contributed by atoms with Gasteiger partial charge in [-0.05, 0) is 17.7 Å². The molecule has 0 atom stereocenters.